The molecule has 0 aromatic heterocycles. The molecule has 122 valence electrons. The fourth-order valence-electron chi connectivity index (χ4n) is 1.43. The van der Waals surface area contributed by atoms with Crippen molar-refractivity contribution in [1.82, 2.24) is 0 Å². The van der Waals surface area contributed by atoms with Crippen molar-refractivity contribution in [1.29, 1.82) is 0 Å². The quantitative estimate of drug-likeness (QED) is 0.485. The summed E-state index contributed by atoms with van der Waals surface area (Å²) in [6, 6.07) is 0. The lowest BCUT2D eigenvalue weighted by atomic mass is 9.90. The Balaban J connectivity index is 3.70. The lowest BCUT2D eigenvalue weighted by Crippen LogP contribution is -2.41. The molecule has 0 saturated heterocycles. The summed E-state index contributed by atoms with van der Waals surface area (Å²) in [5, 5.41) is 9.58. The molecule has 0 aliphatic rings. The summed E-state index contributed by atoms with van der Waals surface area (Å²) in [7, 11) is -1.59. The summed E-state index contributed by atoms with van der Waals surface area (Å²) in [6.07, 6.45) is 3.02. The highest BCUT2D eigenvalue weighted by Crippen LogP contribution is 2.36. The molecule has 1 unspecified atom stereocenters. The van der Waals surface area contributed by atoms with E-state index in [0.717, 1.165) is 32.5 Å². The number of aliphatic hydroxyl groups excluding tert-OH is 1. The molecule has 0 aromatic carbocycles. The highest BCUT2D eigenvalue weighted by Gasteiger charge is 2.36. The van der Waals surface area contributed by atoms with Crippen LogP contribution >= 0.6 is 0 Å². The summed E-state index contributed by atoms with van der Waals surface area (Å²) >= 11 is 0. The van der Waals surface area contributed by atoms with Crippen LogP contribution in [-0.4, -0.2) is 39.9 Å². The first-order valence-electron chi connectivity index (χ1n) is 7.90. The molecule has 0 bridgehead atoms. The van der Waals surface area contributed by atoms with Crippen LogP contribution in [0.3, 0.4) is 0 Å². The predicted molar refractivity (Wildman–Crippen MR) is 88.7 cm³/mol. The van der Waals surface area contributed by atoms with Crippen LogP contribution in [0.15, 0.2) is 0 Å². The van der Waals surface area contributed by atoms with Gasteiger partial charge in [0, 0.05) is 18.6 Å². The maximum Gasteiger partial charge on any atom is 0.191 e. The third-order valence-electron chi connectivity index (χ3n) is 4.64. The molecule has 3 nitrogen and oxygen atoms in total. The number of rotatable bonds is 10. The topological polar surface area (TPSA) is 38.7 Å². The third-order valence-corrected chi connectivity index (χ3v) is 9.18. The van der Waals surface area contributed by atoms with Gasteiger partial charge >= 0.3 is 0 Å². The van der Waals surface area contributed by atoms with Gasteiger partial charge in [-0.1, -0.05) is 34.6 Å². The molecule has 0 aliphatic carbocycles. The largest absolute Gasteiger partial charge is 0.417 e. The van der Waals surface area contributed by atoms with Gasteiger partial charge in [0.2, 0.25) is 0 Å². The van der Waals surface area contributed by atoms with Gasteiger partial charge in [0.1, 0.15) is 0 Å². The van der Waals surface area contributed by atoms with Crippen molar-refractivity contribution in [3.8, 4) is 0 Å². The zero-order chi connectivity index (χ0) is 15.9. The minimum absolute atomic E-state index is 0.0857. The Morgan fingerprint density at radius 1 is 1.00 bits per heavy atom. The molecule has 4 heteroatoms. The van der Waals surface area contributed by atoms with E-state index in [-0.39, 0.29) is 17.1 Å². The second kappa shape index (κ2) is 8.52. The summed E-state index contributed by atoms with van der Waals surface area (Å²) in [6.45, 7) is 18.0. The van der Waals surface area contributed by atoms with Crippen LogP contribution in [0.25, 0.3) is 0 Å². The van der Waals surface area contributed by atoms with Crippen LogP contribution in [0.4, 0.5) is 0 Å². The van der Waals surface area contributed by atoms with E-state index in [1.807, 2.05) is 0 Å². The summed E-state index contributed by atoms with van der Waals surface area (Å²) in [4.78, 5) is 0. The Labute approximate surface area is 127 Å². The minimum atomic E-state index is -1.59. The van der Waals surface area contributed by atoms with E-state index in [2.05, 4.69) is 47.7 Å². The van der Waals surface area contributed by atoms with Crippen molar-refractivity contribution in [2.24, 2.45) is 5.41 Å². The Morgan fingerprint density at radius 3 is 2.00 bits per heavy atom. The van der Waals surface area contributed by atoms with E-state index < -0.39 is 8.32 Å². The molecule has 20 heavy (non-hydrogen) atoms. The first-order valence-corrected chi connectivity index (χ1v) is 10.8. The molecule has 0 amide bonds. The van der Waals surface area contributed by atoms with Gasteiger partial charge in [-0.25, -0.2) is 0 Å². The maximum absolute atomic E-state index is 9.30. The molecule has 0 rings (SSSR count). The van der Waals surface area contributed by atoms with Gasteiger partial charge in [0.25, 0.3) is 0 Å². The van der Waals surface area contributed by atoms with Gasteiger partial charge in [-0.2, -0.15) is 0 Å². The lowest BCUT2D eigenvalue weighted by Gasteiger charge is -2.36. The van der Waals surface area contributed by atoms with Gasteiger partial charge in [-0.15, -0.1) is 0 Å². The first kappa shape index (κ1) is 20.1. The molecule has 0 aliphatic heterocycles. The zero-order valence-corrected chi connectivity index (χ0v) is 15.7. The first-order chi connectivity index (χ1) is 9.08. The van der Waals surface area contributed by atoms with E-state index in [0.29, 0.717) is 6.61 Å². The molecular formula is C16H36O3Si. The average molecular weight is 305 g/mol. The molecule has 0 aromatic rings. The Hall–Kier alpha value is 0.0969. The fraction of sp³-hybridized carbons (Fsp3) is 1.00. The van der Waals surface area contributed by atoms with E-state index in [4.69, 9.17) is 9.16 Å². The molecule has 0 spiro atoms. The van der Waals surface area contributed by atoms with E-state index >= 15 is 0 Å². The second-order valence-corrected chi connectivity index (χ2v) is 12.5. The molecule has 1 atom stereocenters. The van der Waals surface area contributed by atoms with E-state index in [1.54, 1.807) is 0 Å². The van der Waals surface area contributed by atoms with Crippen molar-refractivity contribution in [3.63, 3.8) is 0 Å². The third kappa shape index (κ3) is 7.20. The van der Waals surface area contributed by atoms with Crippen molar-refractivity contribution >= 4 is 8.32 Å². The Bertz CT molecular complexity index is 255. The SMILES string of the molecule is CCC(C)(CO)COCCCCO[Si](C)(C)C(C)(C)C. The molecule has 0 heterocycles. The molecule has 0 saturated carbocycles. The minimum Gasteiger partial charge on any atom is -0.417 e. The number of unbranched alkanes of at least 4 members (excludes halogenated alkanes) is 1. The Kier molecular flexibility index (Phi) is 8.56. The average Bonchev–Trinajstić information content (AvgIpc) is 2.36. The Morgan fingerprint density at radius 2 is 1.55 bits per heavy atom. The highest BCUT2D eigenvalue weighted by atomic mass is 28.4. The lowest BCUT2D eigenvalue weighted by molar-refractivity contribution is 0.0130. The monoisotopic (exact) mass is 304 g/mol. The van der Waals surface area contributed by atoms with Crippen molar-refractivity contribution < 1.29 is 14.3 Å². The van der Waals surface area contributed by atoms with Gasteiger partial charge in [0.05, 0.1) is 13.2 Å². The van der Waals surface area contributed by atoms with E-state index in [9.17, 15) is 5.11 Å². The van der Waals surface area contributed by atoms with Gasteiger partial charge in [-0.3, -0.25) is 0 Å². The van der Waals surface area contributed by atoms with Crippen LogP contribution in [0.1, 0.15) is 53.9 Å². The number of aliphatic hydroxyl groups is 1. The van der Waals surface area contributed by atoms with Gasteiger partial charge in [-0.05, 0) is 37.4 Å². The predicted octanol–water partition coefficient (Wildman–Crippen LogP) is 4.21. The van der Waals surface area contributed by atoms with Crippen LogP contribution in [0, 0.1) is 5.41 Å². The van der Waals surface area contributed by atoms with Crippen molar-refractivity contribution in [3.05, 3.63) is 0 Å². The second-order valence-electron chi connectivity index (χ2n) is 7.69. The van der Waals surface area contributed by atoms with Crippen molar-refractivity contribution in [2.75, 3.05) is 26.4 Å². The summed E-state index contributed by atoms with van der Waals surface area (Å²) < 4.78 is 11.8. The molecular weight excluding hydrogens is 268 g/mol. The van der Waals surface area contributed by atoms with E-state index in [1.165, 1.54) is 0 Å². The number of hydrogen-bond acceptors (Lipinski definition) is 3. The standard InChI is InChI=1S/C16H36O3Si/c1-8-16(5,13-17)14-18-11-9-10-12-19-20(6,7)15(2,3)4/h17H,8-14H2,1-7H3. The normalized spacial score (nSPS) is 16.2. The van der Waals surface area contributed by atoms with Crippen molar-refractivity contribution in [2.45, 2.75) is 72.0 Å². The molecule has 0 radical (unpaired) electrons. The van der Waals surface area contributed by atoms with Crippen LogP contribution in [0.2, 0.25) is 18.1 Å². The smallest absolute Gasteiger partial charge is 0.191 e. The summed E-state index contributed by atoms with van der Waals surface area (Å²) in [5.41, 5.74) is -0.0857. The molecule has 1 N–H and O–H groups in total. The van der Waals surface area contributed by atoms with Crippen LogP contribution in [0.5, 0.6) is 0 Å². The zero-order valence-electron chi connectivity index (χ0n) is 14.7. The number of ether oxygens (including phenoxy) is 1. The van der Waals surface area contributed by atoms with Gasteiger partial charge in [0.15, 0.2) is 8.32 Å². The molecule has 0 fully saturated rings. The maximum atomic E-state index is 9.30. The fourth-order valence-corrected chi connectivity index (χ4v) is 2.52. The highest BCUT2D eigenvalue weighted by molar-refractivity contribution is 6.74. The van der Waals surface area contributed by atoms with Gasteiger partial charge < -0.3 is 14.3 Å². The van der Waals surface area contributed by atoms with Crippen LogP contribution in [-0.2, 0) is 9.16 Å². The van der Waals surface area contributed by atoms with Crippen LogP contribution < -0.4 is 0 Å². The number of hydrogen-bond donors (Lipinski definition) is 1. The summed E-state index contributed by atoms with van der Waals surface area (Å²) in [5.74, 6) is 0.